The molecule has 5 heteroatoms. The third-order valence-electron chi connectivity index (χ3n) is 8.32. The molecule has 2 aliphatic carbocycles. The lowest BCUT2D eigenvalue weighted by Gasteiger charge is -2.40. The molecule has 2 aromatic carbocycles. The van der Waals surface area contributed by atoms with Gasteiger partial charge in [-0.25, -0.2) is 0 Å². The van der Waals surface area contributed by atoms with E-state index in [0.29, 0.717) is 31.8 Å². The number of piperidine rings is 1. The van der Waals surface area contributed by atoms with E-state index in [9.17, 15) is 0 Å². The zero-order valence-electron chi connectivity index (χ0n) is 29.7. The Labute approximate surface area is 275 Å². The van der Waals surface area contributed by atoms with Gasteiger partial charge in [0.05, 0.1) is 32.7 Å². The molecule has 1 saturated heterocycles. The van der Waals surface area contributed by atoms with Gasteiger partial charge in [0.25, 0.3) is 0 Å². The van der Waals surface area contributed by atoms with Gasteiger partial charge in [0.15, 0.2) is 0 Å². The summed E-state index contributed by atoms with van der Waals surface area (Å²) in [5, 5.41) is 6.27. The third kappa shape index (κ3) is 12.1. The maximum absolute atomic E-state index is 6.10. The maximum atomic E-state index is 6.10. The van der Waals surface area contributed by atoms with Gasteiger partial charge in [0, 0.05) is 44.0 Å². The van der Waals surface area contributed by atoms with E-state index in [1.54, 1.807) is 12.7 Å². The van der Waals surface area contributed by atoms with Gasteiger partial charge in [-0.15, -0.1) is 0 Å². The molecule has 0 radical (unpaired) electrons. The summed E-state index contributed by atoms with van der Waals surface area (Å²) in [4.78, 5) is 2.55. The summed E-state index contributed by atoms with van der Waals surface area (Å²) in [7, 11) is 4.03. The number of methoxy groups -OCH3 is 1. The van der Waals surface area contributed by atoms with Crippen LogP contribution in [0.4, 0.5) is 0 Å². The molecule has 0 saturated carbocycles. The minimum Gasteiger partial charge on any atom is -0.501 e. The van der Waals surface area contributed by atoms with Crippen LogP contribution in [0.25, 0.3) is 10.8 Å². The summed E-state index contributed by atoms with van der Waals surface area (Å²) < 4.78 is 17.5. The number of likely N-dealkylation sites (N-methyl/N-ethyl adjacent to an activating group) is 1. The first-order chi connectivity index (χ1) is 22.2. The van der Waals surface area contributed by atoms with E-state index in [1.165, 1.54) is 22.8 Å². The molecule has 0 bridgehead atoms. The van der Waals surface area contributed by atoms with Gasteiger partial charge in [-0.2, -0.15) is 0 Å². The highest BCUT2D eigenvalue weighted by Gasteiger charge is 2.31. The molecule has 2 atom stereocenters. The van der Waals surface area contributed by atoms with Crippen LogP contribution >= 0.6 is 0 Å². The molecule has 3 aliphatic rings. The predicted octanol–water partition coefficient (Wildman–Crippen LogP) is 9.61. The van der Waals surface area contributed by atoms with Crippen LogP contribution in [-0.4, -0.2) is 58.0 Å². The summed E-state index contributed by atoms with van der Waals surface area (Å²) >= 11 is 0. The molecule has 0 spiro atoms. The first-order valence-electron chi connectivity index (χ1n) is 17.6. The van der Waals surface area contributed by atoms with E-state index >= 15 is 0 Å². The average molecular weight is 619 g/mol. The lowest BCUT2D eigenvalue weighted by atomic mass is 9.81. The van der Waals surface area contributed by atoms with E-state index in [0.717, 1.165) is 68.8 Å². The normalized spacial score (nSPS) is 19.2. The SMILES string of the molecule is CC.CC.CC.COC1=C(COCCCOC2=CC=C([C@@H]3CCNC[C@@H]3N(C)Cc3ccc4ccccc4c3)CC2)C=CCC1. The van der Waals surface area contributed by atoms with Crippen LogP contribution in [0, 0.1) is 5.92 Å². The lowest BCUT2D eigenvalue weighted by Crippen LogP contribution is -2.50. The van der Waals surface area contributed by atoms with Crippen molar-refractivity contribution in [3.05, 3.63) is 95.0 Å². The molecule has 1 fully saturated rings. The molecule has 2 aromatic rings. The average Bonchev–Trinajstić information content (AvgIpc) is 3.12. The second kappa shape index (κ2) is 22.6. The van der Waals surface area contributed by atoms with Gasteiger partial charge in [0.2, 0.25) is 0 Å². The van der Waals surface area contributed by atoms with Gasteiger partial charge < -0.3 is 19.5 Å². The van der Waals surface area contributed by atoms with Gasteiger partial charge >= 0.3 is 0 Å². The van der Waals surface area contributed by atoms with Crippen molar-refractivity contribution in [3.8, 4) is 0 Å². The van der Waals surface area contributed by atoms with Crippen molar-refractivity contribution in [1.82, 2.24) is 10.2 Å². The molecule has 0 amide bonds. The quantitative estimate of drug-likeness (QED) is 0.240. The number of benzene rings is 2. The smallest absolute Gasteiger partial charge is 0.101 e. The number of fused-ring (bicyclic) bond motifs is 1. The van der Waals surface area contributed by atoms with Crippen molar-refractivity contribution in [2.75, 3.05) is 47.1 Å². The number of nitrogens with one attached hydrogen (secondary N) is 1. The van der Waals surface area contributed by atoms with E-state index in [2.05, 4.69) is 84.0 Å². The van der Waals surface area contributed by atoms with Crippen molar-refractivity contribution in [2.45, 2.75) is 92.7 Å². The highest BCUT2D eigenvalue weighted by atomic mass is 16.5. The molecule has 1 aliphatic heterocycles. The topological polar surface area (TPSA) is 43.0 Å². The molecule has 1 N–H and O–H groups in total. The zero-order chi connectivity index (χ0) is 32.9. The van der Waals surface area contributed by atoms with Crippen molar-refractivity contribution in [1.29, 1.82) is 0 Å². The largest absolute Gasteiger partial charge is 0.501 e. The number of rotatable bonds is 12. The van der Waals surface area contributed by atoms with Crippen LogP contribution in [0.1, 0.15) is 85.6 Å². The van der Waals surface area contributed by atoms with Gasteiger partial charge in [-0.05, 0) is 67.3 Å². The summed E-state index contributed by atoms with van der Waals surface area (Å²) in [5.74, 6) is 2.75. The van der Waals surface area contributed by atoms with E-state index in [4.69, 9.17) is 14.2 Å². The zero-order valence-corrected chi connectivity index (χ0v) is 29.7. The Morgan fingerprint density at radius 1 is 0.889 bits per heavy atom. The van der Waals surface area contributed by atoms with Crippen LogP contribution in [0.5, 0.6) is 0 Å². The van der Waals surface area contributed by atoms with Crippen LogP contribution in [-0.2, 0) is 20.8 Å². The van der Waals surface area contributed by atoms with Crippen molar-refractivity contribution < 1.29 is 14.2 Å². The number of hydrogen-bond acceptors (Lipinski definition) is 5. The fourth-order valence-electron chi connectivity index (χ4n) is 6.15. The molecule has 0 aromatic heterocycles. The van der Waals surface area contributed by atoms with Crippen molar-refractivity contribution in [3.63, 3.8) is 0 Å². The van der Waals surface area contributed by atoms with Crippen LogP contribution in [0.15, 0.2) is 89.4 Å². The highest BCUT2D eigenvalue weighted by Crippen LogP contribution is 2.33. The van der Waals surface area contributed by atoms with Crippen LogP contribution < -0.4 is 5.32 Å². The highest BCUT2D eigenvalue weighted by molar-refractivity contribution is 5.82. The summed E-state index contributed by atoms with van der Waals surface area (Å²) in [6.07, 6.45) is 15.1. The summed E-state index contributed by atoms with van der Waals surface area (Å²) in [5.41, 5.74) is 4.12. The summed E-state index contributed by atoms with van der Waals surface area (Å²) in [6.45, 7) is 17.1. The molecular formula is C40H62N2O3. The Bertz CT molecular complexity index is 1230. The number of hydrogen-bond donors (Lipinski definition) is 1. The van der Waals surface area contributed by atoms with Gasteiger partial charge in [-0.3, -0.25) is 4.90 Å². The first kappa shape index (κ1) is 38.3. The van der Waals surface area contributed by atoms with Crippen LogP contribution in [0.3, 0.4) is 0 Å². The molecule has 5 rings (SSSR count). The van der Waals surface area contributed by atoms with Crippen molar-refractivity contribution in [2.24, 2.45) is 5.92 Å². The Balaban J connectivity index is 0.00000111. The monoisotopic (exact) mass is 618 g/mol. The Morgan fingerprint density at radius 3 is 2.40 bits per heavy atom. The summed E-state index contributed by atoms with van der Waals surface area (Å²) in [6, 6.07) is 16.0. The lowest BCUT2D eigenvalue weighted by molar-refractivity contribution is 0.116. The Kier molecular flexibility index (Phi) is 19.3. The minimum atomic E-state index is 0.497. The third-order valence-corrected chi connectivity index (χ3v) is 8.32. The standard InChI is InChI=1S/C34H44N2O3.3C2H6/c1-36(24-26-12-13-27-8-3-4-9-29(27)22-26)33-23-35-19-18-32(33)28-14-16-31(17-15-28)39-21-7-20-38-25-30-10-5-6-11-34(30)37-2;3*1-2/h3-5,8-10,12-14,16,22,32-33,35H,6-7,11,15,17-21,23-25H2,1-2H3;3*1-2H3/t32-,33-;;;/m0.../s1. The first-order valence-corrected chi connectivity index (χ1v) is 17.6. The number of ether oxygens (including phenoxy) is 3. The van der Waals surface area contributed by atoms with Crippen molar-refractivity contribution >= 4 is 10.8 Å². The van der Waals surface area contributed by atoms with Crippen LogP contribution in [0.2, 0.25) is 0 Å². The Hall–Kier alpha value is -2.86. The van der Waals surface area contributed by atoms with Gasteiger partial charge in [-0.1, -0.05) is 102 Å². The second-order valence-corrected chi connectivity index (χ2v) is 11.0. The molecule has 5 nitrogen and oxygen atoms in total. The molecule has 1 heterocycles. The molecule has 250 valence electrons. The Morgan fingerprint density at radius 2 is 1.67 bits per heavy atom. The fourth-order valence-corrected chi connectivity index (χ4v) is 6.15. The molecule has 45 heavy (non-hydrogen) atoms. The maximum Gasteiger partial charge on any atom is 0.101 e. The van der Waals surface area contributed by atoms with E-state index < -0.39 is 0 Å². The van der Waals surface area contributed by atoms with Gasteiger partial charge in [0.1, 0.15) is 5.76 Å². The number of nitrogens with zero attached hydrogens (tertiary/aromatic N) is 1. The second-order valence-electron chi connectivity index (χ2n) is 11.0. The fraction of sp³-hybridized carbons (Fsp3) is 0.550. The van der Waals surface area contributed by atoms with E-state index in [1.807, 2.05) is 41.5 Å². The molecular weight excluding hydrogens is 556 g/mol. The predicted molar refractivity (Wildman–Crippen MR) is 193 cm³/mol. The minimum absolute atomic E-state index is 0.497. The number of allylic oxidation sites excluding steroid dienone is 5. The molecule has 0 unspecified atom stereocenters. The van der Waals surface area contributed by atoms with E-state index in [-0.39, 0.29) is 0 Å².